The molecule has 2 aliphatic rings. The van der Waals surface area contributed by atoms with E-state index >= 15 is 0 Å². The van der Waals surface area contributed by atoms with Gasteiger partial charge in [0, 0.05) is 5.41 Å². The molecule has 0 unspecified atom stereocenters. The molecule has 0 spiro atoms. The maximum absolute atomic E-state index is 5.23. The second-order valence-corrected chi connectivity index (χ2v) is 4.24. The third kappa shape index (κ3) is 1.61. The first-order chi connectivity index (χ1) is 5.79. The summed E-state index contributed by atoms with van der Waals surface area (Å²) in [7, 11) is 0. The smallest absolute Gasteiger partial charge is 0.0545 e. The van der Waals surface area contributed by atoms with Crippen molar-refractivity contribution in [2.75, 3.05) is 13.2 Å². The van der Waals surface area contributed by atoms with Crippen LogP contribution in [0.1, 0.15) is 26.2 Å². The Kier molecular flexibility index (Phi) is 2.05. The highest BCUT2D eigenvalue weighted by molar-refractivity contribution is 5.23. The van der Waals surface area contributed by atoms with E-state index in [1.807, 2.05) is 0 Å². The molecule has 0 amide bonds. The van der Waals surface area contributed by atoms with Gasteiger partial charge in [-0.25, -0.2) is 0 Å². The summed E-state index contributed by atoms with van der Waals surface area (Å²) < 4.78 is 5.23. The molecule has 0 bridgehead atoms. The molecule has 1 saturated heterocycles. The van der Waals surface area contributed by atoms with Crippen molar-refractivity contribution in [1.82, 2.24) is 0 Å². The quantitative estimate of drug-likeness (QED) is 0.609. The van der Waals surface area contributed by atoms with E-state index in [2.05, 4.69) is 25.2 Å². The standard InChI is InChI=1S/C11H16O/c1-11(8-12-9-11)7-10-5-3-2-4-6-10/h3,5-6H,2,4,7-9H2,1H3. The highest BCUT2D eigenvalue weighted by Gasteiger charge is 2.33. The van der Waals surface area contributed by atoms with Crippen LogP contribution in [-0.4, -0.2) is 13.2 Å². The number of ether oxygens (including phenoxy) is 1. The molecule has 1 fully saturated rings. The minimum Gasteiger partial charge on any atom is -0.380 e. The molecule has 1 aliphatic heterocycles. The molecule has 1 heterocycles. The van der Waals surface area contributed by atoms with Crippen LogP contribution >= 0.6 is 0 Å². The Morgan fingerprint density at radius 1 is 1.42 bits per heavy atom. The van der Waals surface area contributed by atoms with Crippen molar-refractivity contribution in [2.45, 2.75) is 26.2 Å². The van der Waals surface area contributed by atoms with E-state index in [1.54, 1.807) is 0 Å². The molecule has 0 aromatic rings. The van der Waals surface area contributed by atoms with Crippen LogP contribution in [0.3, 0.4) is 0 Å². The Morgan fingerprint density at radius 3 is 2.75 bits per heavy atom. The molecule has 0 N–H and O–H groups in total. The van der Waals surface area contributed by atoms with Crippen molar-refractivity contribution < 1.29 is 4.74 Å². The Morgan fingerprint density at radius 2 is 2.25 bits per heavy atom. The van der Waals surface area contributed by atoms with Gasteiger partial charge in [-0.05, 0) is 19.3 Å². The third-order valence-electron chi connectivity index (χ3n) is 2.60. The van der Waals surface area contributed by atoms with Crippen molar-refractivity contribution in [3.8, 4) is 0 Å². The fourth-order valence-corrected chi connectivity index (χ4v) is 1.84. The lowest BCUT2D eigenvalue weighted by atomic mass is 9.81. The molecule has 1 nitrogen and oxygen atoms in total. The summed E-state index contributed by atoms with van der Waals surface area (Å²) in [5.74, 6) is 0. The van der Waals surface area contributed by atoms with E-state index in [9.17, 15) is 0 Å². The molecule has 0 atom stereocenters. The fourth-order valence-electron chi connectivity index (χ4n) is 1.84. The zero-order chi connectivity index (χ0) is 8.44. The topological polar surface area (TPSA) is 9.23 Å². The molecule has 1 heteroatoms. The van der Waals surface area contributed by atoms with Gasteiger partial charge >= 0.3 is 0 Å². The molecule has 12 heavy (non-hydrogen) atoms. The van der Waals surface area contributed by atoms with Crippen molar-refractivity contribution in [2.24, 2.45) is 5.41 Å². The van der Waals surface area contributed by atoms with Crippen molar-refractivity contribution in [3.63, 3.8) is 0 Å². The van der Waals surface area contributed by atoms with Crippen molar-refractivity contribution in [3.05, 3.63) is 23.8 Å². The van der Waals surface area contributed by atoms with Gasteiger partial charge in [0.2, 0.25) is 0 Å². The molecular weight excluding hydrogens is 148 g/mol. The Hall–Kier alpha value is -0.560. The van der Waals surface area contributed by atoms with Crippen LogP contribution in [0, 0.1) is 5.41 Å². The Labute approximate surface area is 74.1 Å². The van der Waals surface area contributed by atoms with Gasteiger partial charge in [0.25, 0.3) is 0 Å². The lowest BCUT2D eigenvalue weighted by Gasteiger charge is -2.38. The van der Waals surface area contributed by atoms with Gasteiger partial charge in [0.15, 0.2) is 0 Å². The van der Waals surface area contributed by atoms with Gasteiger partial charge in [-0.15, -0.1) is 0 Å². The minimum atomic E-state index is 0.438. The number of allylic oxidation sites excluding steroid dienone is 4. The number of hydrogen-bond donors (Lipinski definition) is 0. The normalized spacial score (nSPS) is 26.2. The number of hydrogen-bond acceptors (Lipinski definition) is 1. The monoisotopic (exact) mass is 164 g/mol. The molecule has 66 valence electrons. The van der Waals surface area contributed by atoms with E-state index in [0.717, 1.165) is 13.2 Å². The maximum Gasteiger partial charge on any atom is 0.0545 e. The van der Waals surface area contributed by atoms with Gasteiger partial charge in [-0.3, -0.25) is 0 Å². The second-order valence-electron chi connectivity index (χ2n) is 4.24. The van der Waals surface area contributed by atoms with E-state index in [-0.39, 0.29) is 0 Å². The summed E-state index contributed by atoms with van der Waals surface area (Å²) in [6.07, 6.45) is 10.6. The summed E-state index contributed by atoms with van der Waals surface area (Å²) in [6, 6.07) is 0. The van der Waals surface area contributed by atoms with E-state index in [4.69, 9.17) is 4.74 Å². The average molecular weight is 164 g/mol. The van der Waals surface area contributed by atoms with Gasteiger partial charge < -0.3 is 4.74 Å². The third-order valence-corrected chi connectivity index (χ3v) is 2.60. The van der Waals surface area contributed by atoms with Gasteiger partial charge in [0.05, 0.1) is 13.2 Å². The molecule has 0 aromatic heterocycles. The van der Waals surface area contributed by atoms with Gasteiger partial charge in [-0.1, -0.05) is 30.7 Å². The molecule has 0 radical (unpaired) electrons. The van der Waals surface area contributed by atoms with Crippen LogP contribution in [-0.2, 0) is 4.74 Å². The zero-order valence-corrected chi connectivity index (χ0v) is 7.68. The average Bonchev–Trinajstić information content (AvgIpc) is 2.04. The lowest BCUT2D eigenvalue weighted by Crippen LogP contribution is -2.39. The van der Waals surface area contributed by atoms with Gasteiger partial charge in [0.1, 0.15) is 0 Å². The highest BCUT2D eigenvalue weighted by atomic mass is 16.5. The first-order valence-corrected chi connectivity index (χ1v) is 4.72. The van der Waals surface area contributed by atoms with E-state index in [0.29, 0.717) is 5.41 Å². The Balaban J connectivity index is 1.93. The molecule has 1 aliphatic carbocycles. The molecule has 0 aromatic carbocycles. The van der Waals surface area contributed by atoms with Crippen LogP contribution in [0.4, 0.5) is 0 Å². The summed E-state index contributed by atoms with van der Waals surface area (Å²) in [4.78, 5) is 0. The largest absolute Gasteiger partial charge is 0.380 e. The fraction of sp³-hybridized carbons (Fsp3) is 0.636. The zero-order valence-electron chi connectivity index (χ0n) is 7.68. The first-order valence-electron chi connectivity index (χ1n) is 4.72. The predicted octanol–water partition coefficient (Wildman–Crippen LogP) is 2.69. The molecule has 0 saturated carbocycles. The Bertz CT molecular complexity index is 221. The van der Waals surface area contributed by atoms with Crippen LogP contribution < -0.4 is 0 Å². The summed E-state index contributed by atoms with van der Waals surface area (Å²) in [5.41, 5.74) is 1.94. The lowest BCUT2D eigenvalue weighted by molar-refractivity contribution is -0.0999. The SMILES string of the molecule is CC1(CC2=CCCC=C2)COC1. The highest BCUT2D eigenvalue weighted by Crippen LogP contribution is 2.34. The summed E-state index contributed by atoms with van der Waals surface area (Å²) >= 11 is 0. The molecular formula is C11H16O. The summed E-state index contributed by atoms with van der Waals surface area (Å²) in [5, 5.41) is 0. The second kappa shape index (κ2) is 3.06. The molecule has 2 rings (SSSR count). The van der Waals surface area contributed by atoms with Crippen LogP contribution in [0.2, 0.25) is 0 Å². The van der Waals surface area contributed by atoms with Crippen LogP contribution in [0.5, 0.6) is 0 Å². The van der Waals surface area contributed by atoms with E-state index in [1.165, 1.54) is 24.8 Å². The summed E-state index contributed by atoms with van der Waals surface area (Å²) in [6.45, 7) is 4.19. The maximum atomic E-state index is 5.23. The van der Waals surface area contributed by atoms with Crippen molar-refractivity contribution in [1.29, 1.82) is 0 Å². The first kappa shape index (κ1) is 8.06. The van der Waals surface area contributed by atoms with Crippen LogP contribution in [0.15, 0.2) is 23.8 Å². The van der Waals surface area contributed by atoms with Crippen LogP contribution in [0.25, 0.3) is 0 Å². The predicted molar refractivity (Wildman–Crippen MR) is 50.0 cm³/mol. The van der Waals surface area contributed by atoms with Crippen molar-refractivity contribution >= 4 is 0 Å². The number of rotatable bonds is 2. The van der Waals surface area contributed by atoms with E-state index < -0.39 is 0 Å². The van der Waals surface area contributed by atoms with Gasteiger partial charge in [-0.2, -0.15) is 0 Å². The minimum absolute atomic E-state index is 0.438.